The summed E-state index contributed by atoms with van der Waals surface area (Å²) in [5.74, 6) is -0.0687. The van der Waals surface area contributed by atoms with Gasteiger partial charge in [-0.1, -0.05) is 12.1 Å². The van der Waals surface area contributed by atoms with Crippen LogP contribution in [-0.4, -0.2) is 43.4 Å². The zero-order chi connectivity index (χ0) is 15.7. The van der Waals surface area contributed by atoms with Gasteiger partial charge in [0, 0.05) is 13.0 Å². The summed E-state index contributed by atoms with van der Waals surface area (Å²) in [6, 6.07) is 7.16. The van der Waals surface area contributed by atoms with Crippen molar-refractivity contribution in [2.45, 2.75) is 19.8 Å². The molecule has 0 saturated heterocycles. The Morgan fingerprint density at radius 3 is 2.62 bits per heavy atom. The maximum Gasteiger partial charge on any atom is 0.234 e. The number of likely N-dealkylation sites (N-methyl/N-ethyl adjacent to an activating group) is 2. The van der Waals surface area contributed by atoms with E-state index in [4.69, 9.17) is 5.73 Å². The Labute approximate surface area is 125 Å². The number of nitrogens with two attached hydrogens (primary N) is 1. The molecule has 4 N–H and O–H groups in total. The number of rotatable bonds is 8. The van der Waals surface area contributed by atoms with E-state index in [0.29, 0.717) is 43.9 Å². The fourth-order valence-electron chi connectivity index (χ4n) is 1.91. The molecule has 0 fully saturated rings. The minimum atomic E-state index is -0.0701. The molecule has 0 spiro atoms. The first-order chi connectivity index (χ1) is 10.0. The van der Waals surface area contributed by atoms with Crippen LogP contribution in [0.4, 0.5) is 11.4 Å². The van der Waals surface area contributed by atoms with Crippen molar-refractivity contribution in [1.29, 1.82) is 0 Å². The van der Waals surface area contributed by atoms with Gasteiger partial charge in [-0.25, -0.2) is 0 Å². The summed E-state index contributed by atoms with van der Waals surface area (Å²) in [4.78, 5) is 25.1. The zero-order valence-corrected chi connectivity index (χ0v) is 12.7. The number of nitrogen functional groups attached to an aromatic ring is 1. The topological polar surface area (TPSA) is 87.5 Å². The van der Waals surface area contributed by atoms with Gasteiger partial charge in [-0.2, -0.15) is 0 Å². The normalized spacial score (nSPS) is 10.4. The maximum atomic E-state index is 11.8. The van der Waals surface area contributed by atoms with E-state index < -0.39 is 0 Å². The molecule has 2 amide bonds. The lowest BCUT2D eigenvalue weighted by Crippen LogP contribution is -2.35. The van der Waals surface area contributed by atoms with Gasteiger partial charge in [0.15, 0.2) is 0 Å². The average Bonchev–Trinajstić information content (AvgIpc) is 2.41. The van der Waals surface area contributed by atoms with Crippen LogP contribution in [0, 0.1) is 0 Å². The molecule has 0 bridgehead atoms. The Morgan fingerprint density at radius 1 is 1.24 bits per heavy atom. The quantitative estimate of drug-likeness (QED) is 0.625. The summed E-state index contributed by atoms with van der Waals surface area (Å²) in [6.07, 6.45) is 1.09. The van der Waals surface area contributed by atoms with E-state index in [1.165, 1.54) is 0 Å². The largest absolute Gasteiger partial charge is 0.397 e. The van der Waals surface area contributed by atoms with Gasteiger partial charge < -0.3 is 16.4 Å². The number of hydrogen-bond acceptors (Lipinski definition) is 4. The van der Waals surface area contributed by atoms with Crippen LogP contribution in [0.2, 0.25) is 0 Å². The van der Waals surface area contributed by atoms with Crippen molar-refractivity contribution in [2.24, 2.45) is 0 Å². The van der Waals surface area contributed by atoms with Gasteiger partial charge in [-0.15, -0.1) is 0 Å². The molecule has 0 aromatic heterocycles. The van der Waals surface area contributed by atoms with Crippen molar-refractivity contribution >= 4 is 23.2 Å². The number of carbonyl (C=O) groups excluding carboxylic acids is 2. The summed E-state index contributed by atoms with van der Waals surface area (Å²) < 4.78 is 0. The van der Waals surface area contributed by atoms with Crippen LogP contribution in [0.25, 0.3) is 0 Å². The van der Waals surface area contributed by atoms with Crippen LogP contribution in [0.15, 0.2) is 24.3 Å². The molecule has 0 saturated carbocycles. The summed E-state index contributed by atoms with van der Waals surface area (Å²) in [5.41, 5.74) is 6.95. The molecule has 0 aliphatic heterocycles. The van der Waals surface area contributed by atoms with Crippen molar-refractivity contribution in [3.05, 3.63) is 24.3 Å². The van der Waals surface area contributed by atoms with Crippen molar-refractivity contribution in [3.8, 4) is 0 Å². The Morgan fingerprint density at radius 2 is 1.95 bits per heavy atom. The smallest absolute Gasteiger partial charge is 0.234 e. The Balaban J connectivity index is 2.25. The number of carbonyl (C=O) groups is 2. The molecule has 1 aromatic carbocycles. The Kier molecular flexibility index (Phi) is 7.25. The monoisotopic (exact) mass is 292 g/mol. The highest BCUT2D eigenvalue weighted by Gasteiger charge is 2.08. The second-order valence-corrected chi connectivity index (χ2v) is 4.93. The van der Waals surface area contributed by atoms with Gasteiger partial charge in [0.05, 0.1) is 17.9 Å². The van der Waals surface area contributed by atoms with Gasteiger partial charge in [0.2, 0.25) is 11.8 Å². The Hall–Kier alpha value is -2.08. The number of para-hydroxylation sites is 2. The molecular formula is C15H24N4O2. The predicted molar refractivity (Wildman–Crippen MR) is 84.9 cm³/mol. The number of hydrogen-bond donors (Lipinski definition) is 3. The zero-order valence-electron chi connectivity index (χ0n) is 12.7. The van der Waals surface area contributed by atoms with Gasteiger partial charge in [0.1, 0.15) is 0 Å². The highest BCUT2D eigenvalue weighted by Crippen LogP contribution is 2.16. The van der Waals surface area contributed by atoms with E-state index in [2.05, 4.69) is 10.6 Å². The van der Waals surface area contributed by atoms with Crippen LogP contribution in [-0.2, 0) is 9.59 Å². The number of benzene rings is 1. The first-order valence-corrected chi connectivity index (χ1v) is 7.12. The molecule has 0 aliphatic carbocycles. The third-order valence-corrected chi connectivity index (χ3v) is 2.97. The number of nitrogens with one attached hydrogen (secondary N) is 2. The minimum absolute atomic E-state index is 0.00140. The molecule has 1 aromatic rings. The molecule has 0 radical (unpaired) electrons. The SMILES string of the molecule is CCNC(=O)CN(C)CCCC(=O)Nc1ccccc1N. The van der Waals surface area contributed by atoms with Gasteiger partial charge in [0.25, 0.3) is 0 Å². The molecule has 1 rings (SSSR count). The summed E-state index contributed by atoms with van der Waals surface area (Å²) in [6.45, 7) is 3.56. The third kappa shape index (κ3) is 6.76. The summed E-state index contributed by atoms with van der Waals surface area (Å²) >= 11 is 0. The molecule has 0 atom stereocenters. The second kappa shape index (κ2) is 8.97. The van der Waals surface area contributed by atoms with Gasteiger partial charge in [-0.3, -0.25) is 14.5 Å². The highest BCUT2D eigenvalue weighted by atomic mass is 16.2. The highest BCUT2D eigenvalue weighted by molar-refractivity contribution is 5.93. The number of nitrogens with zero attached hydrogens (tertiary/aromatic N) is 1. The summed E-state index contributed by atoms with van der Waals surface area (Å²) in [7, 11) is 1.86. The van der Waals surface area contributed by atoms with E-state index in [-0.39, 0.29) is 11.8 Å². The third-order valence-electron chi connectivity index (χ3n) is 2.97. The van der Waals surface area contributed by atoms with E-state index in [9.17, 15) is 9.59 Å². The predicted octanol–water partition coefficient (Wildman–Crippen LogP) is 1.06. The lowest BCUT2D eigenvalue weighted by Gasteiger charge is -2.15. The van der Waals surface area contributed by atoms with Crippen LogP contribution in [0.5, 0.6) is 0 Å². The Bertz CT molecular complexity index is 476. The van der Waals surface area contributed by atoms with Crippen molar-refractivity contribution in [3.63, 3.8) is 0 Å². The molecular weight excluding hydrogens is 268 g/mol. The first-order valence-electron chi connectivity index (χ1n) is 7.12. The van der Waals surface area contributed by atoms with Crippen LogP contribution < -0.4 is 16.4 Å². The van der Waals surface area contributed by atoms with Crippen LogP contribution in [0.1, 0.15) is 19.8 Å². The lowest BCUT2D eigenvalue weighted by atomic mass is 10.2. The molecule has 21 heavy (non-hydrogen) atoms. The van der Waals surface area contributed by atoms with Crippen molar-refractivity contribution in [2.75, 3.05) is 37.7 Å². The molecule has 116 valence electrons. The second-order valence-electron chi connectivity index (χ2n) is 4.93. The molecule has 0 unspecified atom stereocenters. The average molecular weight is 292 g/mol. The van der Waals surface area contributed by atoms with Crippen LogP contribution in [0.3, 0.4) is 0 Å². The van der Waals surface area contributed by atoms with Crippen molar-refractivity contribution < 1.29 is 9.59 Å². The van der Waals surface area contributed by atoms with Crippen LogP contribution >= 0.6 is 0 Å². The first kappa shape index (κ1) is 17.0. The number of anilines is 2. The lowest BCUT2D eigenvalue weighted by molar-refractivity contribution is -0.121. The minimum Gasteiger partial charge on any atom is -0.397 e. The fraction of sp³-hybridized carbons (Fsp3) is 0.467. The molecule has 6 nitrogen and oxygen atoms in total. The molecule has 0 aliphatic rings. The van der Waals surface area contributed by atoms with Crippen molar-refractivity contribution in [1.82, 2.24) is 10.2 Å². The van der Waals surface area contributed by atoms with E-state index >= 15 is 0 Å². The molecule has 0 heterocycles. The number of amides is 2. The summed E-state index contributed by atoms with van der Waals surface area (Å²) in [5, 5.41) is 5.52. The van der Waals surface area contributed by atoms with E-state index in [1.807, 2.05) is 31.0 Å². The van der Waals surface area contributed by atoms with Gasteiger partial charge in [-0.05, 0) is 39.1 Å². The maximum absolute atomic E-state index is 11.8. The standard InChI is InChI=1S/C15H24N4O2/c1-3-17-15(21)11-19(2)10-6-9-14(20)18-13-8-5-4-7-12(13)16/h4-5,7-8H,3,6,9-11,16H2,1-2H3,(H,17,21)(H,18,20). The fourth-order valence-corrected chi connectivity index (χ4v) is 1.91. The van der Waals surface area contributed by atoms with Gasteiger partial charge >= 0.3 is 0 Å². The van der Waals surface area contributed by atoms with E-state index in [0.717, 1.165) is 0 Å². The van der Waals surface area contributed by atoms with E-state index in [1.54, 1.807) is 12.1 Å². The molecule has 6 heteroatoms.